The summed E-state index contributed by atoms with van der Waals surface area (Å²) >= 11 is 7.36. The van der Waals surface area contributed by atoms with Crippen molar-refractivity contribution in [1.82, 2.24) is 15.1 Å². The van der Waals surface area contributed by atoms with Gasteiger partial charge in [-0.25, -0.2) is 4.79 Å². The summed E-state index contributed by atoms with van der Waals surface area (Å²) in [5.41, 5.74) is -0.847. The van der Waals surface area contributed by atoms with E-state index < -0.39 is 11.6 Å². The van der Waals surface area contributed by atoms with E-state index in [-0.39, 0.29) is 24.3 Å². The zero-order chi connectivity index (χ0) is 19.6. The molecule has 1 aromatic rings. The first kappa shape index (κ1) is 19.9. The summed E-state index contributed by atoms with van der Waals surface area (Å²) in [5.74, 6) is -0.491. The second kappa shape index (κ2) is 8.02. The molecule has 27 heavy (non-hydrogen) atoms. The molecule has 0 radical (unpaired) electrons. The molecule has 1 aliphatic heterocycles. The molecule has 2 aliphatic rings. The number of halogens is 1. The van der Waals surface area contributed by atoms with Crippen molar-refractivity contribution in [2.45, 2.75) is 44.7 Å². The summed E-state index contributed by atoms with van der Waals surface area (Å²) in [6, 6.07) is 3.17. The highest BCUT2D eigenvalue weighted by Crippen LogP contribution is 2.38. The smallest absolute Gasteiger partial charge is 0.325 e. The predicted octanol–water partition coefficient (Wildman–Crippen LogP) is 3.42. The minimum Gasteiger partial charge on any atom is -0.332 e. The third-order valence-electron chi connectivity index (χ3n) is 5.47. The number of urea groups is 1. The van der Waals surface area contributed by atoms with Crippen LogP contribution in [0.3, 0.4) is 0 Å². The summed E-state index contributed by atoms with van der Waals surface area (Å²) in [6.45, 7) is 6.13. The van der Waals surface area contributed by atoms with Gasteiger partial charge in [0.15, 0.2) is 0 Å². The van der Waals surface area contributed by atoms with E-state index in [0.717, 1.165) is 29.0 Å². The van der Waals surface area contributed by atoms with Gasteiger partial charge in [-0.2, -0.15) is 0 Å². The maximum Gasteiger partial charge on any atom is 0.325 e. The van der Waals surface area contributed by atoms with Crippen molar-refractivity contribution in [3.8, 4) is 0 Å². The van der Waals surface area contributed by atoms with Gasteiger partial charge in [0.1, 0.15) is 12.1 Å². The van der Waals surface area contributed by atoms with E-state index in [1.54, 1.807) is 17.0 Å². The number of carbonyl (C=O) groups is 3. The Kier molecular flexibility index (Phi) is 5.91. The number of amides is 4. The molecule has 146 valence electrons. The number of nitrogens with zero attached hydrogens (tertiary/aromatic N) is 2. The molecular weight excluding hydrogens is 386 g/mol. The number of nitrogens with one attached hydrogen (secondary N) is 1. The van der Waals surface area contributed by atoms with Gasteiger partial charge in [0.05, 0.1) is 10.9 Å². The molecule has 1 aromatic heterocycles. The highest BCUT2D eigenvalue weighted by molar-refractivity contribution is 7.16. The molecule has 8 heteroatoms. The maximum atomic E-state index is 13.0. The van der Waals surface area contributed by atoms with Crippen LogP contribution < -0.4 is 5.32 Å². The van der Waals surface area contributed by atoms with Crippen molar-refractivity contribution in [2.75, 3.05) is 13.1 Å². The minimum absolute atomic E-state index is 0.0698. The van der Waals surface area contributed by atoms with Crippen molar-refractivity contribution in [2.24, 2.45) is 5.92 Å². The van der Waals surface area contributed by atoms with Crippen molar-refractivity contribution in [1.29, 1.82) is 0 Å². The Morgan fingerprint density at radius 3 is 2.89 bits per heavy atom. The molecule has 1 saturated carbocycles. The van der Waals surface area contributed by atoms with Crippen molar-refractivity contribution < 1.29 is 14.4 Å². The molecule has 1 spiro atoms. The fraction of sp³-hybridized carbons (Fsp3) is 0.526. The third-order valence-corrected chi connectivity index (χ3v) is 6.69. The molecule has 2 heterocycles. The number of imide groups is 1. The van der Waals surface area contributed by atoms with Crippen molar-refractivity contribution in [3.63, 3.8) is 0 Å². The summed E-state index contributed by atoms with van der Waals surface area (Å²) in [4.78, 5) is 41.9. The maximum absolute atomic E-state index is 13.0. The van der Waals surface area contributed by atoms with Crippen LogP contribution in [0.4, 0.5) is 4.79 Å². The predicted molar refractivity (Wildman–Crippen MR) is 106 cm³/mol. The largest absolute Gasteiger partial charge is 0.332 e. The summed E-state index contributed by atoms with van der Waals surface area (Å²) in [6.07, 6.45) is 5.12. The van der Waals surface area contributed by atoms with Gasteiger partial charge >= 0.3 is 6.03 Å². The first-order chi connectivity index (χ1) is 12.9. The van der Waals surface area contributed by atoms with Gasteiger partial charge in [-0.1, -0.05) is 37.4 Å². The number of carbonyl (C=O) groups excluding carboxylic acids is 3. The van der Waals surface area contributed by atoms with Gasteiger partial charge < -0.3 is 10.2 Å². The van der Waals surface area contributed by atoms with Gasteiger partial charge in [0.2, 0.25) is 5.91 Å². The highest BCUT2D eigenvalue weighted by Gasteiger charge is 2.55. The van der Waals surface area contributed by atoms with Crippen LogP contribution in [0, 0.1) is 5.92 Å². The Balaban J connectivity index is 1.72. The normalized spacial score (nSPS) is 25.0. The Hall–Kier alpha value is -1.86. The lowest BCUT2D eigenvalue weighted by Gasteiger charge is -2.36. The zero-order valence-electron chi connectivity index (χ0n) is 15.4. The van der Waals surface area contributed by atoms with Crippen LogP contribution in [0.25, 0.3) is 0 Å². The molecular formula is C19H24ClN3O3S. The number of hydrogen-bond acceptors (Lipinski definition) is 4. The fourth-order valence-electron chi connectivity index (χ4n) is 3.91. The van der Waals surface area contributed by atoms with Gasteiger partial charge in [-0.15, -0.1) is 17.9 Å². The lowest BCUT2D eigenvalue weighted by atomic mass is 9.73. The summed E-state index contributed by atoms with van der Waals surface area (Å²) in [5, 5.41) is 2.88. The van der Waals surface area contributed by atoms with Crippen LogP contribution in [0.15, 0.2) is 24.8 Å². The third kappa shape index (κ3) is 3.89. The average molecular weight is 410 g/mol. The van der Waals surface area contributed by atoms with E-state index in [0.29, 0.717) is 23.8 Å². The summed E-state index contributed by atoms with van der Waals surface area (Å²) in [7, 11) is 0. The zero-order valence-corrected chi connectivity index (χ0v) is 16.9. The van der Waals surface area contributed by atoms with Crippen LogP contribution in [0.5, 0.6) is 0 Å². The molecule has 1 aliphatic carbocycles. The van der Waals surface area contributed by atoms with Crippen LogP contribution in [0.1, 0.15) is 37.5 Å². The molecule has 2 fully saturated rings. The Labute approximate surface area is 168 Å². The minimum atomic E-state index is -0.847. The second-order valence-corrected chi connectivity index (χ2v) is 9.01. The van der Waals surface area contributed by atoms with Crippen LogP contribution in [0.2, 0.25) is 4.34 Å². The topological polar surface area (TPSA) is 69.7 Å². The number of rotatable bonds is 6. The van der Waals surface area contributed by atoms with Crippen LogP contribution in [-0.4, -0.2) is 46.3 Å². The van der Waals surface area contributed by atoms with E-state index in [4.69, 9.17) is 11.6 Å². The molecule has 3 rings (SSSR count). The molecule has 0 aromatic carbocycles. The van der Waals surface area contributed by atoms with Crippen LogP contribution >= 0.6 is 22.9 Å². The molecule has 0 unspecified atom stereocenters. The molecule has 0 bridgehead atoms. The molecule has 6 nitrogen and oxygen atoms in total. The average Bonchev–Trinajstić information content (AvgIpc) is 3.14. The van der Waals surface area contributed by atoms with E-state index in [2.05, 4.69) is 11.9 Å². The monoisotopic (exact) mass is 409 g/mol. The first-order valence-corrected chi connectivity index (χ1v) is 10.3. The quantitative estimate of drug-likeness (QED) is 0.578. The highest BCUT2D eigenvalue weighted by atomic mass is 35.5. The van der Waals surface area contributed by atoms with Crippen LogP contribution in [-0.2, 0) is 16.1 Å². The molecule has 2 atom stereocenters. The first-order valence-electron chi connectivity index (χ1n) is 9.14. The van der Waals surface area contributed by atoms with E-state index in [1.807, 2.05) is 13.0 Å². The van der Waals surface area contributed by atoms with Gasteiger partial charge in [0.25, 0.3) is 5.91 Å². The lowest BCUT2D eigenvalue weighted by Crippen LogP contribution is -2.54. The number of thiophene rings is 1. The van der Waals surface area contributed by atoms with E-state index in [1.165, 1.54) is 11.3 Å². The van der Waals surface area contributed by atoms with E-state index >= 15 is 0 Å². The Morgan fingerprint density at radius 1 is 1.48 bits per heavy atom. The second-order valence-electron chi connectivity index (χ2n) is 7.21. The summed E-state index contributed by atoms with van der Waals surface area (Å²) < 4.78 is 0.651. The Bertz CT molecular complexity index is 765. The fourth-order valence-corrected chi connectivity index (χ4v) is 5.01. The van der Waals surface area contributed by atoms with E-state index in [9.17, 15) is 14.4 Å². The Morgan fingerprint density at radius 2 is 2.26 bits per heavy atom. The number of hydrogen-bond donors (Lipinski definition) is 1. The molecule has 4 amide bonds. The van der Waals surface area contributed by atoms with Gasteiger partial charge in [0, 0.05) is 11.4 Å². The van der Waals surface area contributed by atoms with Gasteiger partial charge in [-0.05, 0) is 30.9 Å². The SMILES string of the molecule is C=CCN(Cc1ccc(Cl)s1)C(=O)CN1C(=O)N[C@]2(CCCC[C@H]2C)C1=O. The lowest BCUT2D eigenvalue weighted by molar-refractivity contribution is -0.140. The van der Waals surface area contributed by atoms with Crippen molar-refractivity contribution >= 4 is 40.8 Å². The van der Waals surface area contributed by atoms with Gasteiger partial charge in [-0.3, -0.25) is 14.5 Å². The molecule has 1 N–H and O–H groups in total. The standard InChI is InChI=1S/C19H24ClN3O3S/c1-3-10-22(11-14-7-8-15(20)27-14)16(24)12-23-17(25)19(21-18(23)26)9-5-4-6-13(19)2/h3,7-8,13H,1,4-6,9-12H2,2H3,(H,21,26)/t13-,19+/m1/s1. The molecule has 1 saturated heterocycles. The van der Waals surface area contributed by atoms with Crippen molar-refractivity contribution in [3.05, 3.63) is 34.0 Å².